The van der Waals surface area contributed by atoms with Crippen molar-refractivity contribution in [2.24, 2.45) is 0 Å². The van der Waals surface area contributed by atoms with Crippen LogP contribution >= 0.6 is 0 Å². The van der Waals surface area contributed by atoms with Crippen molar-refractivity contribution in [3.8, 4) is 0 Å². The van der Waals surface area contributed by atoms with Crippen LogP contribution in [-0.2, 0) is 14.8 Å². The number of hydrogen-bond acceptors (Lipinski definition) is 3. The van der Waals surface area contributed by atoms with Gasteiger partial charge in [-0.1, -0.05) is 31.7 Å². The lowest BCUT2D eigenvalue weighted by atomic mass is 10.1. The van der Waals surface area contributed by atoms with E-state index in [9.17, 15) is 13.2 Å². The highest BCUT2D eigenvalue weighted by atomic mass is 32.2. The number of hydrogen-bond donors (Lipinski definition) is 1. The summed E-state index contributed by atoms with van der Waals surface area (Å²) < 4.78 is 25.9. The van der Waals surface area contributed by atoms with E-state index in [1.54, 1.807) is 4.31 Å². The summed E-state index contributed by atoms with van der Waals surface area (Å²) in [5.41, 5.74) is 2.95. The van der Waals surface area contributed by atoms with Gasteiger partial charge in [-0.05, 0) is 49.9 Å². The van der Waals surface area contributed by atoms with Gasteiger partial charge in [-0.3, -0.25) is 4.79 Å². The van der Waals surface area contributed by atoms with E-state index in [1.165, 1.54) is 19.1 Å². The van der Waals surface area contributed by atoms with Crippen LogP contribution in [0.25, 0.3) is 0 Å². The average Bonchev–Trinajstić information content (AvgIpc) is 2.74. The van der Waals surface area contributed by atoms with Crippen molar-refractivity contribution in [2.45, 2.75) is 64.8 Å². The minimum atomic E-state index is -3.31. The second-order valence-electron chi connectivity index (χ2n) is 7.19. The fourth-order valence-corrected chi connectivity index (χ4v) is 4.82. The summed E-state index contributed by atoms with van der Waals surface area (Å²) in [6.45, 7) is 4.22. The molecule has 1 amide bonds. The third-order valence-corrected chi connectivity index (χ3v) is 6.06. The second kappa shape index (κ2) is 8.81. The van der Waals surface area contributed by atoms with Crippen LogP contribution in [0.15, 0.2) is 18.2 Å². The molecular weight excluding hydrogens is 336 g/mol. The number of rotatable bonds is 6. The summed E-state index contributed by atoms with van der Waals surface area (Å²) in [6, 6.07) is 5.92. The predicted molar refractivity (Wildman–Crippen MR) is 102 cm³/mol. The molecule has 0 unspecified atom stereocenters. The van der Waals surface area contributed by atoms with E-state index in [2.05, 4.69) is 5.32 Å². The van der Waals surface area contributed by atoms with Crippen molar-refractivity contribution < 1.29 is 13.2 Å². The van der Waals surface area contributed by atoms with Crippen LogP contribution in [0.4, 0.5) is 5.69 Å². The number of nitrogens with zero attached hydrogens (tertiary/aromatic N) is 1. The zero-order valence-electron chi connectivity index (χ0n) is 15.5. The molecule has 5 nitrogen and oxygen atoms in total. The third-order valence-electron chi connectivity index (χ3n) is 4.72. The van der Waals surface area contributed by atoms with Crippen LogP contribution in [0.5, 0.6) is 0 Å². The molecule has 1 aliphatic rings. The lowest BCUT2D eigenvalue weighted by Gasteiger charge is -2.28. The minimum absolute atomic E-state index is 0.0338. The van der Waals surface area contributed by atoms with Crippen molar-refractivity contribution in [3.05, 3.63) is 29.3 Å². The molecule has 25 heavy (non-hydrogen) atoms. The van der Waals surface area contributed by atoms with Gasteiger partial charge >= 0.3 is 0 Å². The van der Waals surface area contributed by atoms with Crippen molar-refractivity contribution in [1.29, 1.82) is 0 Å². The zero-order chi connectivity index (χ0) is 18.4. The summed E-state index contributed by atoms with van der Waals surface area (Å²) >= 11 is 0. The van der Waals surface area contributed by atoms with Gasteiger partial charge in [0.2, 0.25) is 15.9 Å². The lowest BCUT2D eigenvalue weighted by Crippen LogP contribution is -2.41. The largest absolute Gasteiger partial charge is 0.326 e. The van der Waals surface area contributed by atoms with Gasteiger partial charge in [0.05, 0.1) is 6.26 Å². The lowest BCUT2D eigenvalue weighted by molar-refractivity contribution is -0.116. The monoisotopic (exact) mass is 366 g/mol. The fraction of sp³-hybridized carbons (Fsp3) is 0.632. The standard InChI is InChI=1S/C19H30N2O3S/c1-15-12-16(2)14-17(13-15)20-19(22)10-11-21(25(3,23)24)18-8-6-4-5-7-9-18/h12-14,18H,4-11H2,1-3H3,(H,20,22). The third kappa shape index (κ3) is 6.44. The highest BCUT2D eigenvalue weighted by Crippen LogP contribution is 2.24. The number of nitrogens with one attached hydrogen (secondary N) is 1. The number of aryl methyl sites for hydroxylation is 2. The van der Waals surface area contributed by atoms with E-state index < -0.39 is 10.0 Å². The summed E-state index contributed by atoms with van der Waals surface area (Å²) in [5.74, 6) is -0.146. The molecule has 2 rings (SSSR count). The van der Waals surface area contributed by atoms with Crippen LogP contribution in [0.3, 0.4) is 0 Å². The van der Waals surface area contributed by atoms with Crippen molar-refractivity contribution in [2.75, 3.05) is 18.1 Å². The smallest absolute Gasteiger partial charge is 0.225 e. The van der Waals surface area contributed by atoms with Gasteiger partial charge in [0.1, 0.15) is 0 Å². The molecule has 140 valence electrons. The summed E-state index contributed by atoms with van der Waals surface area (Å²) in [4.78, 5) is 12.3. The van der Waals surface area contributed by atoms with E-state index in [4.69, 9.17) is 0 Å². The number of amides is 1. The van der Waals surface area contributed by atoms with Crippen LogP contribution in [0.1, 0.15) is 56.1 Å². The Labute approximate surface area is 151 Å². The Bertz CT molecular complexity index is 672. The normalized spacial score (nSPS) is 16.6. The van der Waals surface area contributed by atoms with Crippen LogP contribution < -0.4 is 5.32 Å². The first kappa shape index (κ1) is 19.9. The molecule has 1 saturated carbocycles. The van der Waals surface area contributed by atoms with Gasteiger partial charge < -0.3 is 5.32 Å². The maximum Gasteiger partial charge on any atom is 0.225 e. The average molecular weight is 367 g/mol. The van der Waals surface area contributed by atoms with Gasteiger partial charge in [-0.2, -0.15) is 4.31 Å². The Morgan fingerprint density at radius 1 is 1.08 bits per heavy atom. The first-order valence-corrected chi connectivity index (χ1v) is 11.0. The molecular formula is C19H30N2O3S. The topological polar surface area (TPSA) is 66.5 Å². The molecule has 0 aromatic heterocycles. The Balaban J connectivity index is 1.98. The molecule has 0 heterocycles. The van der Waals surface area contributed by atoms with E-state index in [-0.39, 0.29) is 24.9 Å². The number of carbonyl (C=O) groups excluding carboxylic acids is 1. The van der Waals surface area contributed by atoms with Crippen LogP contribution in [-0.4, -0.2) is 37.5 Å². The summed E-state index contributed by atoms with van der Waals surface area (Å²) in [6.07, 6.45) is 7.67. The first-order valence-electron chi connectivity index (χ1n) is 9.10. The Hall–Kier alpha value is -1.40. The summed E-state index contributed by atoms with van der Waals surface area (Å²) in [7, 11) is -3.31. The van der Waals surface area contributed by atoms with Gasteiger partial charge in [0.25, 0.3) is 0 Å². The zero-order valence-corrected chi connectivity index (χ0v) is 16.4. The number of carbonyl (C=O) groups is 1. The molecule has 1 aromatic rings. The van der Waals surface area contributed by atoms with E-state index in [1.807, 2.05) is 32.0 Å². The molecule has 6 heteroatoms. The quantitative estimate of drug-likeness (QED) is 0.782. The number of benzene rings is 1. The van der Waals surface area contributed by atoms with Gasteiger partial charge in [0.15, 0.2) is 0 Å². The van der Waals surface area contributed by atoms with Gasteiger partial charge in [0, 0.05) is 24.7 Å². The molecule has 0 bridgehead atoms. The molecule has 0 saturated heterocycles. The van der Waals surface area contributed by atoms with Gasteiger partial charge in [-0.25, -0.2) is 8.42 Å². The molecule has 1 fully saturated rings. The minimum Gasteiger partial charge on any atom is -0.326 e. The predicted octanol–water partition coefficient (Wildman–Crippen LogP) is 3.62. The Kier molecular flexibility index (Phi) is 7.02. The van der Waals surface area contributed by atoms with Crippen molar-refractivity contribution >= 4 is 21.6 Å². The number of sulfonamides is 1. The SMILES string of the molecule is Cc1cc(C)cc(NC(=O)CCN(C2CCCCCC2)S(C)(=O)=O)c1. The van der Waals surface area contributed by atoms with E-state index in [0.717, 1.165) is 42.5 Å². The number of anilines is 1. The molecule has 0 atom stereocenters. The van der Waals surface area contributed by atoms with Crippen molar-refractivity contribution in [3.63, 3.8) is 0 Å². The Morgan fingerprint density at radius 2 is 1.64 bits per heavy atom. The highest BCUT2D eigenvalue weighted by Gasteiger charge is 2.27. The molecule has 1 N–H and O–H groups in total. The fourth-order valence-electron chi connectivity index (χ4n) is 3.65. The molecule has 0 aliphatic heterocycles. The second-order valence-corrected chi connectivity index (χ2v) is 9.13. The molecule has 1 aliphatic carbocycles. The highest BCUT2D eigenvalue weighted by molar-refractivity contribution is 7.88. The van der Waals surface area contributed by atoms with Crippen molar-refractivity contribution in [1.82, 2.24) is 4.31 Å². The first-order chi connectivity index (χ1) is 11.8. The van der Waals surface area contributed by atoms with E-state index in [0.29, 0.717) is 0 Å². The van der Waals surface area contributed by atoms with Gasteiger partial charge in [-0.15, -0.1) is 0 Å². The maximum absolute atomic E-state index is 12.3. The van der Waals surface area contributed by atoms with Crippen LogP contribution in [0.2, 0.25) is 0 Å². The Morgan fingerprint density at radius 3 is 2.16 bits per heavy atom. The molecule has 1 aromatic carbocycles. The molecule has 0 spiro atoms. The van der Waals surface area contributed by atoms with E-state index >= 15 is 0 Å². The maximum atomic E-state index is 12.3. The van der Waals surface area contributed by atoms with Crippen LogP contribution in [0, 0.1) is 13.8 Å². The summed E-state index contributed by atoms with van der Waals surface area (Å²) in [5, 5.41) is 2.89. The molecule has 0 radical (unpaired) electrons.